The molecule has 5 nitrogen and oxygen atoms in total. The molecule has 0 saturated carbocycles. The van der Waals surface area contributed by atoms with Crippen molar-refractivity contribution >= 4 is 36.7 Å². The van der Waals surface area contributed by atoms with Gasteiger partial charge in [-0.25, -0.2) is 0 Å². The van der Waals surface area contributed by atoms with Crippen LogP contribution in [0.3, 0.4) is 0 Å². The van der Waals surface area contributed by atoms with Gasteiger partial charge in [0.15, 0.2) is 5.12 Å². The van der Waals surface area contributed by atoms with E-state index >= 15 is 0 Å². The van der Waals surface area contributed by atoms with Crippen LogP contribution in [-0.2, 0) is 23.1 Å². The lowest BCUT2D eigenvalue weighted by molar-refractivity contribution is -0.117. The van der Waals surface area contributed by atoms with Gasteiger partial charge in [0.25, 0.3) is 0 Å². The zero-order chi connectivity index (χ0) is 17.0. The maximum Gasteiger partial charge on any atom is 0.697 e. The predicted octanol–water partition coefficient (Wildman–Crippen LogP) is 4.16. The van der Waals surface area contributed by atoms with Crippen molar-refractivity contribution in [3.63, 3.8) is 0 Å². The van der Waals surface area contributed by atoms with Crippen molar-refractivity contribution in [2.24, 2.45) is 5.41 Å². The number of thioether (sulfide) groups is 1. The molecule has 128 valence electrons. The second-order valence-electron chi connectivity index (χ2n) is 6.62. The van der Waals surface area contributed by atoms with E-state index in [-0.39, 0.29) is 36.0 Å². The molecule has 8 heteroatoms. The molecule has 0 aromatic carbocycles. The van der Waals surface area contributed by atoms with Crippen molar-refractivity contribution < 1.29 is 23.1 Å². The van der Waals surface area contributed by atoms with Crippen molar-refractivity contribution in [1.82, 2.24) is 0 Å². The number of carbonyl (C=O) groups excluding carboxylic acids is 1. The third-order valence-corrected chi connectivity index (χ3v) is 5.82. The molecule has 0 N–H and O–H groups in total. The lowest BCUT2D eigenvalue weighted by Crippen LogP contribution is -2.24. The van der Waals surface area contributed by atoms with Crippen molar-refractivity contribution in [2.75, 3.05) is 19.0 Å². The van der Waals surface area contributed by atoms with E-state index in [1.54, 1.807) is 0 Å². The van der Waals surface area contributed by atoms with E-state index in [0.29, 0.717) is 12.2 Å². The molecule has 4 unspecified atom stereocenters. The summed E-state index contributed by atoms with van der Waals surface area (Å²) in [5.41, 5.74) is -0.381. The maximum absolute atomic E-state index is 11.7. The van der Waals surface area contributed by atoms with E-state index in [2.05, 4.69) is 0 Å². The van der Waals surface area contributed by atoms with Crippen LogP contribution in [0.5, 0.6) is 0 Å². The summed E-state index contributed by atoms with van der Waals surface area (Å²) >= 11 is 7.46. The number of halogens is 1. The van der Waals surface area contributed by atoms with Gasteiger partial charge in [0.2, 0.25) is 0 Å². The van der Waals surface area contributed by atoms with Crippen LogP contribution < -0.4 is 0 Å². The number of alkyl halides is 1. The molecule has 1 heterocycles. The van der Waals surface area contributed by atoms with Gasteiger partial charge in [-0.3, -0.25) is 4.79 Å². The number of ether oxygens (including phenoxy) is 1. The van der Waals surface area contributed by atoms with Gasteiger partial charge in [-0.2, -0.15) is 0 Å². The number of rotatable bonds is 7. The van der Waals surface area contributed by atoms with Crippen LogP contribution in [0.4, 0.5) is 0 Å². The highest BCUT2D eigenvalue weighted by atomic mass is 35.5. The van der Waals surface area contributed by atoms with E-state index in [9.17, 15) is 9.36 Å². The van der Waals surface area contributed by atoms with Gasteiger partial charge in [0, 0.05) is 15.7 Å². The molecular weight excluding hydrogens is 347 g/mol. The molecule has 0 aromatic heterocycles. The minimum absolute atomic E-state index is 0.0682. The number of carbonyl (C=O) groups is 1. The van der Waals surface area contributed by atoms with Crippen molar-refractivity contribution in [3.8, 4) is 0 Å². The summed E-state index contributed by atoms with van der Waals surface area (Å²) in [6.45, 7) is 9.80. The van der Waals surface area contributed by atoms with E-state index in [1.807, 2.05) is 34.6 Å². The first-order valence-corrected chi connectivity index (χ1v) is 9.73. The average Bonchev–Trinajstić information content (AvgIpc) is 2.64. The van der Waals surface area contributed by atoms with Crippen molar-refractivity contribution in [3.05, 3.63) is 0 Å². The summed E-state index contributed by atoms with van der Waals surface area (Å²) in [5.74, 6) is 0.456. The summed E-state index contributed by atoms with van der Waals surface area (Å²) in [6, 6.07) is 0. The summed E-state index contributed by atoms with van der Waals surface area (Å²) in [7, 11) is -2.20. The molecule has 22 heavy (non-hydrogen) atoms. The highest BCUT2D eigenvalue weighted by Crippen LogP contribution is 2.37. The van der Waals surface area contributed by atoms with E-state index in [1.165, 1.54) is 11.8 Å². The first kappa shape index (κ1) is 20.3. The molecule has 0 spiro atoms. The maximum atomic E-state index is 11.7. The lowest BCUT2D eigenvalue weighted by atomic mass is 10.00. The first-order chi connectivity index (χ1) is 10.0. The SMILES string of the molecule is CC1OC(CO[P+](=O)OCCSC(=O)C(C)(C)C)CC1(C)Cl. The number of hydrogen-bond acceptors (Lipinski definition) is 6. The second-order valence-corrected chi connectivity index (χ2v) is 9.52. The molecule has 4 atom stereocenters. The van der Waals surface area contributed by atoms with Gasteiger partial charge in [-0.05, 0) is 20.3 Å². The minimum atomic E-state index is -2.20. The fourth-order valence-electron chi connectivity index (χ4n) is 1.83. The quantitative estimate of drug-likeness (QED) is 0.380. The molecule has 1 fully saturated rings. The highest BCUT2D eigenvalue weighted by molar-refractivity contribution is 8.13. The van der Waals surface area contributed by atoms with E-state index in [4.69, 9.17) is 25.4 Å². The zero-order valence-electron chi connectivity index (χ0n) is 13.8. The first-order valence-electron chi connectivity index (χ1n) is 7.27. The lowest BCUT2D eigenvalue weighted by Gasteiger charge is -2.17. The molecule has 1 rings (SSSR count). The van der Waals surface area contributed by atoms with Crippen LogP contribution in [0, 0.1) is 5.41 Å². The van der Waals surface area contributed by atoms with Crippen molar-refractivity contribution in [1.29, 1.82) is 0 Å². The van der Waals surface area contributed by atoms with Crippen LogP contribution in [0.1, 0.15) is 41.0 Å². The molecule has 1 saturated heterocycles. The van der Waals surface area contributed by atoms with Gasteiger partial charge in [-0.15, -0.1) is 20.6 Å². The second kappa shape index (κ2) is 8.41. The van der Waals surface area contributed by atoms with Gasteiger partial charge in [0.05, 0.1) is 17.1 Å². The third kappa shape index (κ3) is 6.81. The predicted molar refractivity (Wildman–Crippen MR) is 89.6 cm³/mol. The highest BCUT2D eigenvalue weighted by Gasteiger charge is 2.42. The average molecular weight is 372 g/mol. The van der Waals surface area contributed by atoms with E-state index < -0.39 is 13.1 Å². The fourth-order valence-corrected chi connectivity index (χ4v) is 3.57. The Morgan fingerprint density at radius 1 is 1.45 bits per heavy atom. The summed E-state index contributed by atoms with van der Waals surface area (Å²) in [6.07, 6.45) is 0.410. The molecule has 0 aromatic rings. The Morgan fingerprint density at radius 2 is 2.09 bits per heavy atom. The zero-order valence-corrected chi connectivity index (χ0v) is 16.2. The van der Waals surface area contributed by atoms with Gasteiger partial charge in [-0.1, -0.05) is 32.5 Å². The Kier molecular flexibility index (Phi) is 7.77. The third-order valence-electron chi connectivity index (χ3n) is 3.36. The molecule has 0 aliphatic carbocycles. The molecule has 1 aliphatic heterocycles. The Balaban J connectivity index is 2.14. The Labute approximate surface area is 142 Å². The molecular formula is C14H25ClO5PS+. The summed E-state index contributed by atoms with van der Waals surface area (Å²) < 4.78 is 27.5. The van der Waals surface area contributed by atoms with Crippen LogP contribution in [0.2, 0.25) is 0 Å². The smallest absolute Gasteiger partial charge is 0.371 e. The number of hydrogen-bond donors (Lipinski definition) is 0. The van der Waals surface area contributed by atoms with Crippen LogP contribution in [0.25, 0.3) is 0 Å². The molecule has 0 amide bonds. The standard InChI is InChI=1S/C14H25ClO5PS/c1-10-14(5,15)8-11(20-10)9-19-21(17)18-6-7-22-12(16)13(2,3)4/h10-11H,6-9H2,1-5H3/q+1. The topological polar surface area (TPSA) is 61.8 Å². The van der Waals surface area contributed by atoms with Crippen LogP contribution in [0.15, 0.2) is 0 Å². The fraction of sp³-hybridized carbons (Fsp3) is 0.929. The minimum Gasteiger partial charge on any atom is -0.371 e. The van der Waals surface area contributed by atoms with Gasteiger partial charge >= 0.3 is 8.25 Å². The van der Waals surface area contributed by atoms with Crippen LogP contribution >= 0.6 is 31.6 Å². The summed E-state index contributed by atoms with van der Waals surface area (Å²) in [5, 5.41) is 0.0852. The monoisotopic (exact) mass is 371 g/mol. The van der Waals surface area contributed by atoms with Crippen LogP contribution in [-0.4, -0.2) is 41.2 Å². The largest absolute Gasteiger partial charge is 0.697 e. The molecule has 0 bridgehead atoms. The normalized spacial score (nSPS) is 29.6. The molecule has 0 radical (unpaired) electrons. The Morgan fingerprint density at radius 3 is 2.59 bits per heavy atom. The van der Waals surface area contributed by atoms with Crippen molar-refractivity contribution in [2.45, 2.75) is 58.1 Å². The van der Waals surface area contributed by atoms with E-state index in [0.717, 1.165) is 0 Å². The Hall–Kier alpha value is 0.290. The molecule has 1 aliphatic rings. The summed E-state index contributed by atoms with van der Waals surface area (Å²) in [4.78, 5) is 11.3. The van der Waals surface area contributed by atoms with Gasteiger partial charge < -0.3 is 4.74 Å². The Bertz CT molecular complexity index is 411. The van der Waals surface area contributed by atoms with Gasteiger partial charge in [0.1, 0.15) is 13.2 Å².